The number of halogens is 3. The van der Waals surface area contributed by atoms with Gasteiger partial charge in [0, 0.05) is 30.7 Å². The van der Waals surface area contributed by atoms with E-state index < -0.39 is 29.2 Å². The average Bonchev–Trinajstić information content (AvgIpc) is 2.43. The first kappa shape index (κ1) is 15.6. The van der Waals surface area contributed by atoms with Gasteiger partial charge < -0.3 is 15.7 Å². The number of benzene rings is 1. The van der Waals surface area contributed by atoms with Crippen LogP contribution in [0.3, 0.4) is 0 Å². The second-order valence-corrected chi connectivity index (χ2v) is 5.18. The highest BCUT2D eigenvalue weighted by molar-refractivity contribution is 5.89. The quantitative estimate of drug-likeness (QED) is 0.804. The predicted molar refractivity (Wildman–Crippen MR) is 71.3 cm³/mol. The molecule has 0 spiro atoms. The van der Waals surface area contributed by atoms with Crippen LogP contribution in [0, 0.1) is 23.4 Å². The van der Waals surface area contributed by atoms with Crippen LogP contribution in [0.2, 0.25) is 0 Å². The number of urea groups is 1. The lowest BCUT2D eigenvalue weighted by molar-refractivity contribution is 0.156. The van der Waals surface area contributed by atoms with Crippen LogP contribution < -0.4 is 10.6 Å². The summed E-state index contributed by atoms with van der Waals surface area (Å²) in [5.74, 6) is -3.47. The van der Waals surface area contributed by atoms with Gasteiger partial charge in [0.05, 0.1) is 0 Å². The molecule has 2 rings (SSSR count). The van der Waals surface area contributed by atoms with Gasteiger partial charge in [-0.3, -0.25) is 0 Å². The van der Waals surface area contributed by atoms with E-state index in [2.05, 4.69) is 5.32 Å². The molecule has 1 aromatic carbocycles. The molecule has 4 nitrogen and oxygen atoms in total. The number of carbonyl (C=O) groups is 1. The molecule has 0 aromatic heterocycles. The molecule has 2 atom stereocenters. The number of anilines is 1. The molecule has 21 heavy (non-hydrogen) atoms. The summed E-state index contributed by atoms with van der Waals surface area (Å²) >= 11 is 0. The maximum absolute atomic E-state index is 13.4. The van der Waals surface area contributed by atoms with Gasteiger partial charge >= 0.3 is 6.03 Å². The van der Waals surface area contributed by atoms with Crippen LogP contribution in [-0.2, 0) is 0 Å². The van der Waals surface area contributed by atoms with Gasteiger partial charge in [-0.1, -0.05) is 12.8 Å². The van der Waals surface area contributed by atoms with Crippen LogP contribution >= 0.6 is 0 Å². The van der Waals surface area contributed by atoms with Crippen molar-refractivity contribution in [3.8, 4) is 0 Å². The normalized spacial score (nSPS) is 21.9. The standard InChI is InChI=1S/C14H17F3N2O2/c15-9-5-10(16)13(11(17)6-9)19-14(21)18-12-4-2-1-3-8(12)7-20/h5-6,8,12,20H,1-4,7H2,(H2,18,19,21). The summed E-state index contributed by atoms with van der Waals surface area (Å²) in [5.41, 5.74) is -0.690. The molecule has 2 amide bonds. The molecule has 3 N–H and O–H groups in total. The zero-order chi connectivity index (χ0) is 15.4. The number of amides is 2. The minimum Gasteiger partial charge on any atom is -0.396 e. The molecular weight excluding hydrogens is 285 g/mol. The summed E-state index contributed by atoms with van der Waals surface area (Å²) in [6, 6.07) is -0.0221. The van der Waals surface area contributed by atoms with Gasteiger partial charge in [-0.05, 0) is 12.8 Å². The summed E-state index contributed by atoms with van der Waals surface area (Å²) in [7, 11) is 0. The predicted octanol–water partition coefficient (Wildman–Crippen LogP) is 2.78. The molecule has 1 aromatic rings. The third-order valence-electron chi connectivity index (χ3n) is 3.71. The minimum atomic E-state index is -1.18. The Morgan fingerprint density at radius 3 is 2.43 bits per heavy atom. The summed E-state index contributed by atoms with van der Waals surface area (Å²) in [5, 5.41) is 13.9. The van der Waals surface area contributed by atoms with Crippen molar-refractivity contribution in [2.24, 2.45) is 5.92 Å². The van der Waals surface area contributed by atoms with Crippen molar-refractivity contribution in [2.45, 2.75) is 31.7 Å². The third kappa shape index (κ3) is 3.87. The molecule has 7 heteroatoms. The number of carbonyl (C=O) groups excluding carboxylic acids is 1. The molecule has 1 saturated carbocycles. The third-order valence-corrected chi connectivity index (χ3v) is 3.71. The van der Waals surface area contributed by atoms with Crippen LogP contribution in [0.5, 0.6) is 0 Å². The second kappa shape index (κ2) is 6.80. The fraction of sp³-hybridized carbons (Fsp3) is 0.500. The van der Waals surface area contributed by atoms with Crippen molar-refractivity contribution in [1.82, 2.24) is 5.32 Å². The summed E-state index contributed by atoms with van der Waals surface area (Å²) in [6.07, 6.45) is 3.39. The molecule has 116 valence electrons. The number of hydrogen-bond donors (Lipinski definition) is 3. The van der Waals surface area contributed by atoms with Crippen LogP contribution in [0.25, 0.3) is 0 Å². The van der Waals surface area contributed by atoms with Crippen LogP contribution in [-0.4, -0.2) is 23.8 Å². The maximum atomic E-state index is 13.4. The largest absolute Gasteiger partial charge is 0.396 e. The van der Waals surface area contributed by atoms with E-state index in [1.165, 1.54) is 0 Å². The molecule has 0 radical (unpaired) electrons. The van der Waals surface area contributed by atoms with Crippen LogP contribution in [0.4, 0.5) is 23.7 Å². The lowest BCUT2D eigenvalue weighted by Gasteiger charge is -2.30. The van der Waals surface area contributed by atoms with Gasteiger partial charge in [-0.2, -0.15) is 0 Å². The van der Waals surface area contributed by atoms with Crippen molar-refractivity contribution in [3.63, 3.8) is 0 Å². The van der Waals surface area contributed by atoms with Gasteiger partial charge in [0.2, 0.25) is 0 Å². The van der Waals surface area contributed by atoms with E-state index in [1.807, 2.05) is 5.32 Å². The smallest absolute Gasteiger partial charge is 0.319 e. The average molecular weight is 302 g/mol. The van der Waals surface area contributed by atoms with Gasteiger partial charge in [0.25, 0.3) is 0 Å². The van der Waals surface area contributed by atoms with Crippen molar-refractivity contribution in [2.75, 3.05) is 11.9 Å². The van der Waals surface area contributed by atoms with Gasteiger partial charge in [0.15, 0.2) is 11.6 Å². The molecular formula is C14H17F3N2O2. The Morgan fingerprint density at radius 2 is 1.81 bits per heavy atom. The van der Waals surface area contributed by atoms with Crippen molar-refractivity contribution in [3.05, 3.63) is 29.6 Å². The fourth-order valence-electron chi connectivity index (χ4n) is 2.60. The highest BCUT2D eigenvalue weighted by Crippen LogP contribution is 2.24. The van der Waals surface area contributed by atoms with E-state index in [0.29, 0.717) is 18.6 Å². The second-order valence-electron chi connectivity index (χ2n) is 5.18. The molecule has 0 saturated heterocycles. The Morgan fingerprint density at radius 1 is 1.19 bits per heavy atom. The van der Waals surface area contributed by atoms with Crippen molar-refractivity contribution < 1.29 is 23.1 Å². The van der Waals surface area contributed by atoms with Crippen molar-refractivity contribution in [1.29, 1.82) is 0 Å². The Bertz CT molecular complexity index is 502. The molecule has 2 unspecified atom stereocenters. The van der Waals surface area contributed by atoms with Gasteiger partial charge in [-0.25, -0.2) is 18.0 Å². The van der Waals surface area contributed by atoms with E-state index in [4.69, 9.17) is 0 Å². The van der Waals surface area contributed by atoms with E-state index in [1.54, 1.807) is 0 Å². The first-order valence-corrected chi connectivity index (χ1v) is 6.84. The summed E-state index contributed by atoms with van der Waals surface area (Å²) in [6.45, 7) is -0.0514. The monoisotopic (exact) mass is 302 g/mol. The first-order valence-electron chi connectivity index (χ1n) is 6.84. The topological polar surface area (TPSA) is 61.4 Å². The van der Waals surface area contributed by atoms with E-state index in [-0.39, 0.29) is 18.6 Å². The minimum absolute atomic E-state index is 0.0514. The lowest BCUT2D eigenvalue weighted by atomic mass is 9.85. The summed E-state index contributed by atoms with van der Waals surface area (Å²) < 4.78 is 39.6. The highest BCUT2D eigenvalue weighted by Gasteiger charge is 2.26. The molecule has 0 heterocycles. The fourth-order valence-corrected chi connectivity index (χ4v) is 2.60. The molecule has 1 aliphatic rings. The van der Waals surface area contributed by atoms with E-state index in [0.717, 1.165) is 19.3 Å². The Hall–Kier alpha value is -1.76. The van der Waals surface area contributed by atoms with E-state index >= 15 is 0 Å². The first-order chi connectivity index (χ1) is 10.0. The summed E-state index contributed by atoms with van der Waals surface area (Å²) in [4.78, 5) is 11.8. The lowest BCUT2D eigenvalue weighted by Crippen LogP contribution is -2.45. The van der Waals surface area contributed by atoms with Gasteiger partial charge in [-0.15, -0.1) is 0 Å². The maximum Gasteiger partial charge on any atom is 0.319 e. The van der Waals surface area contributed by atoms with Crippen molar-refractivity contribution >= 4 is 11.7 Å². The number of aliphatic hydroxyl groups is 1. The molecule has 0 bridgehead atoms. The Balaban J connectivity index is 2.01. The zero-order valence-corrected chi connectivity index (χ0v) is 11.3. The van der Waals surface area contributed by atoms with Crippen LogP contribution in [0.15, 0.2) is 12.1 Å². The Kier molecular flexibility index (Phi) is 5.06. The van der Waals surface area contributed by atoms with Gasteiger partial charge in [0.1, 0.15) is 11.5 Å². The molecule has 1 aliphatic carbocycles. The zero-order valence-electron chi connectivity index (χ0n) is 11.3. The SMILES string of the molecule is O=C(Nc1c(F)cc(F)cc1F)NC1CCCCC1CO. The van der Waals surface area contributed by atoms with Crippen LogP contribution in [0.1, 0.15) is 25.7 Å². The number of aliphatic hydroxyl groups excluding tert-OH is 1. The molecule has 0 aliphatic heterocycles. The molecule has 1 fully saturated rings. The number of nitrogens with one attached hydrogen (secondary N) is 2. The highest BCUT2D eigenvalue weighted by atomic mass is 19.1. The number of rotatable bonds is 3. The number of hydrogen-bond acceptors (Lipinski definition) is 2. The Labute approximate surface area is 120 Å². The van der Waals surface area contributed by atoms with E-state index in [9.17, 15) is 23.1 Å².